The van der Waals surface area contributed by atoms with Gasteiger partial charge in [-0.1, -0.05) is 18.2 Å². The van der Waals surface area contributed by atoms with E-state index in [0.717, 1.165) is 49.9 Å². The van der Waals surface area contributed by atoms with E-state index >= 15 is 0 Å². The van der Waals surface area contributed by atoms with Crippen LogP contribution in [0, 0.1) is 11.8 Å². The first-order chi connectivity index (χ1) is 17.6. The lowest BCUT2D eigenvalue weighted by molar-refractivity contribution is -0.235. The Morgan fingerprint density at radius 3 is 2.57 bits per heavy atom. The largest absolute Gasteiger partial charge is 0.368 e. The van der Waals surface area contributed by atoms with Crippen molar-refractivity contribution < 1.29 is 24.5 Å². The van der Waals surface area contributed by atoms with Gasteiger partial charge in [0, 0.05) is 48.6 Å². The van der Waals surface area contributed by atoms with Gasteiger partial charge >= 0.3 is 0 Å². The highest BCUT2D eigenvalue weighted by atomic mass is 16.6. The highest BCUT2D eigenvalue weighted by molar-refractivity contribution is 5.86. The number of ether oxygens (including phenoxy) is 2. The SMILES string of the molecule is CCOC(O)CC1c2[nH]c3ccccc3c2CCN1C(=O)C1CCC(CN(C)C(O)OC(C)(C)C)CC1. The molecular formula is C29H45N3O5. The normalized spacial score (nSPS) is 24.3. The number of para-hydroxylation sites is 1. The molecule has 1 saturated carbocycles. The lowest BCUT2D eigenvalue weighted by atomic mass is 9.80. The van der Waals surface area contributed by atoms with E-state index in [0.29, 0.717) is 25.5 Å². The zero-order valence-electron chi connectivity index (χ0n) is 23.1. The number of nitrogens with zero attached hydrogens (tertiary/aromatic N) is 2. The topological polar surface area (TPSA) is 98.3 Å². The molecule has 206 valence electrons. The van der Waals surface area contributed by atoms with Crippen molar-refractivity contribution in [2.45, 2.75) is 90.6 Å². The Balaban J connectivity index is 1.42. The maximum absolute atomic E-state index is 13.8. The molecule has 8 nitrogen and oxygen atoms in total. The minimum absolute atomic E-state index is 0.0185. The number of H-pyrrole nitrogens is 1. The van der Waals surface area contributed by atoms with E-state index in [1.165, 1.54) is 10.9 Å². The van der Waals surface area contributed by atoms with E-state index in [-0.39, 0.29) is 17.9 Å². The Kier molecular flexibility index (Phi) is 8.96. The number of benzene rings is 1. The molecule has 37 heavy (non-hydrogen) atoms. The van der Waals surface area contributed by atoms with E-state index in [1.807, 2.05) is 56.7 Å². The molecule has 1 aromatic carbocycles. The summed E-state index contributed by atoms with van der Waals surface area (Å²) in [6.07, 6.45) is 2.87. The maximum atomic E-state index is 13.8. The number of aromatic amines is 1. The van der Waals surface area contributed by atoms with Crippen LogP contribution < -0.4 is 0 Å². The van der Waals surface area contributed by atoms with Crippen LogP contribution in [0.2, 0.25) is 0 Å². The van der Waals surface area contributed by atoms with E-state index in [4.69, 9.17) is 9.47 Å². The Labute approximate surface area is 220 Å². The molecule has 0 saturated heterocycles. The number of carbonyl (C=O) groups is 1. The summed E-state index contributed by atoms with van der Waals surface area (Å²) < 4.78 is 11.2. The highest BCUT2D eigenvalue weighted by Crippen LogP contribution is 2.40. The molecular weight excluding hydrogens is 470 g/mol. The molecule has 1 fully saturated rings. The van der Waals surface area contributed by atoms with Crippen molar-refractivity contribution in [3.63, 3.8) is 0 Å². The van der Waals surface area contributed by atoms with Crippen molar-refractivity contribution in [1.82, 2.24) is 14.8 Å². The van der Waals surface area contributed by atoms with Crippen LogP contribution in [0.1, 0.15) is 77.1 Å². The van der Waals surface area contributed by atoms with Gasteiger partial charge in [-0.25, -0.2) is 0 Å². The van der Waals surface area contributed by atoms with Crippen molar-refractivity contribution in [2.75, 3.05) is 26.7 Å². The summed E-state index contributed by atoms with van der Waals surface area (Å²) in [5.74, 6) is 0.584. The smallest absolute Gasteiger partial charge is 0.226 e. The molecule has 2 aliphatic rings. The lowest BCUT2D eigenvalue weighted by Gasteiger charge is -2.40. The number of hydrogen-bond donors (Lipinski definition) is 3. The first-order valence-electron chi connectivity index (χ1n) is 13.8. The number of nitrogens with one attached hydrogen (secondary N) is 1. The predicted molar refractivity (Wildman–Crippen MR) is 144 cm³/mol. The van der Waals surface area contributed by atoms with Crippen molar-refractivity contribution in [3.05, 3.63) is 35.5 Å². The molecule has 0 radical (unpaired) electrons. The molecule has 1 amide bonds. The number of fused-ring (bicyclic) bond motifs is 3. The second kappa shape index (κ2) is 11.8. The summed E-state index contributed by atoms with van der Waals surface area (Å²) in [6, 6.07) is 8.01. The van der Waals surface area contributed by atoms with Gasteiger partial charge < -0.3 is 29.6 Å². The molecule has 3 N–H and O–H groups in total. The third-order valence-corrected chi connectivity index (χ3v) is 7.80. The van der Waals surface area contributed by atoms with E-state index in [1.54, 1.807) is 0 Å². The molecule has 4 rings (SSSR count). The fourth-order valence-corrected chi connectivity index (χ4v) is 6.01. The summed E-state index contributed by atoms with van der Waals surface area (Å²) in [7, 11) is 1.88. The predicted octanol–water partition coefficient (Wildman–Crippen LogP) is 4.17. The van der Waals surface area contributed by atoms with Crippen molar-refractivity contribution in [2.24, 2.45) is 11.8 Å². The number of rotatable bonds is 9. The highest BCUT2D eigenvalue weighted by Gasteiger charge is 2.38. The van der Waals surface area contributed by atoms with Gasteiger partial charge in [0.15, 0.2) is 6.29 Å². The summed E-state index contributed by atoms with van der Waals surface area (Å²) in [5.41, 5.74) is 2.93. The first-order valence-corrected chi connectivity index (χ1v) is 13.8. The van der Waals surface area contributed by atoms with E-state index < -0.39 is 18.3 Å². The summed E-state index contributed by atoms with van der Waals surface area (Å²) in [6.45, 7) is 9.48. The average Bonchev–Trinajstić information content (AvgIpc) is 3.23. The molecule has 8 heteroatoms. The standard InChI is InChI=1S/C29H45N3O5/c1-6-36-25(33)17-24-26-22(21-9-7-8-10-23(21)30-26)15-16-32(24)27(34)20-13-11-19(12-14-20)18-31(5)28(35)37-29(2,3)4/h7-10,19-20,24-25,28,30,33,35H,6,11-18H2,1-5H3. The quantitative estimate of drug-likeness (QED) is 0.434. The Hall–Kier alpha value is -1.97. The van der Waals surface area contributed by atoms with Crippen LogP contribution in [-0.2, 0) is 20.7 Å². The molecule has 0 bridgehead atoms. The molecule has 2 heterocycles. The second-order valence-electron chi connectivity index (χ2n) is 11.7. The van der Waals surface area contributed by atoms with Crippen LogP contribution in [0.5, 0.6) is 0 Å². The van der Waals surface area contributed by atoms with Gasteiger partial charge in [-0.3, -0.25) is 9.69 Å². The van der Waals surface area contributed by atoms with Crippen LogP contribution >= 0.6 is 0 Å². The third kappa shape index (κ3) is 6.73. The van der Waals surface area contributed by atoms with Crippen LogP contribution in [0.15, 0.2) is 24.3 Å². The molecule has 3 atom stereocenters. The van der Waals surface area contributed by atoms with Gasteiger partial charge in [0.25, 0.3) is 0 Å². The van der Waals surface area contributed by atoms with Gasteiger partial charge in [-0.05, 0) is 84.4 Å². The van der Waals surface area contributed by atoms with Crippen LogP contribution in [0.3, 0.4) is 0 Å². The fourth-order valence-electron chi connectivity index (χ4n) is 6.01. The molecule has 0 spiro atoms. The number of hydrogen-bond acceptors (Lipinski definition) is 6. The number of aliphatic hydroxyl groups is 2. The zero-order valence-corrected chi connectivity index (χ0v) is 23.1. The lowest BCUT2D eigenvalue weighted by Crippen LogP contribution is -2.46. The van der Waals surface area contributed by atoms with Gasteiger partial charge in [0.05, 0.1) is 11.6 Å². The van der Waals surface area contributed by atoms with Crippen molar-refractivity contribution in [1.29, 1.82) is 0 Å². The van der Waals surface area contributed by atoms with Crippen LogP contribution in [0.25, 0.3) is 10.9 Å². The number of aromatic nitrogens is 1. The summed E-state index contributed by atoms with van der Waals surface area (Å²) >= 11 is 0. The third-order valence-electron chi connectivity index (χ3n) is 7.80. The minimum atomic E-state index is -0.935. The Morgan fingerprint density at radius 2 is 1.89 bits per heavy atom. The fraction of sp³-hybridized carbons (Fsp3) is 0.690. The molecule has 3 unspecified atom stereocenters. The minimum Gasteiger partial charge on any atom is -0.368 e. The summed E-state index contributed by atoms with van der Waals surface area (Å²) in [4.78, 5) is 21.2. The van der Waals surface area contributed by atoms with Gasteiger partial charge in [-0.2, -0.15) is 0 Å². The first kappa shape index (κ1) is 28.0. The molecule has 1 aliphatic carbocycles. The Morgan fingerprint density at radius 1 is 1.19 bits per heavy atom. The van der Waals surface area contributed by atoms with E-state index in [9.17, 15) is 15.0 Å². The van der Waals surface area contributed by atoms with Gasteiger partial charge in [0.2, 0.25) is 12.3 Å². The monoisotopic (exact) mass is 515 g/mol. The number of aliphatic hydroxyl groups excluding tert-OH is 2. The van der Waals surface area contributed by atoms with Gasteiger partial charge in [-0.15, -0.1) is 0 Å². The maximum Gasteiger partial charge on any atom is 0.226 e. The molecule has 1 aromatic heterocycles. The number of amides is 1. The average molecular weight is 516 g/mol. The molecule has 2 aromatic rings. The zero-order chi connectivity index (χ0) is 26.7. The van der Waals surface area contributed by atoms with Crippen LogP contribution in [0.4, 0.5) is 0 Å². The second-order valence-corrected chi connectivity index (χ2v) is 11.7. The number of carbonyl (C=O) groups excluding carboxylic acids is 1. The summed E-state index contributed by atoms with van der Waals surface area (Å²) in [5, 5.41) is 22.1. The van der Waals surface area contributed by atoms with Crippen LogP contribution in [-0.4, -0.2) is 76.0 Å². The van der Waals surface area contributed by atoms with Crippen molar-refractivity contribution >= 4 is 16.8 Å². The van der Waals surface area contributed by atoms with Gasteiger partial charge in [0.1, 0.15) is 0 Å². The van der Waals surface area contributed by atoms with E-state index in [2.05, 4.69) is 17.1 Å². The molecule has 1 aliphatic heterocycles. The van der Waals surface area contributed by atoms with Crippen molar-refractivity contribution in [3.8, 4) is 0 Å². The Bertz CT molecular complexity index is 1040.